The zero-order chi connectivity index (χ0) is 10.3. The molecule has 1 nitrogen and oxygen atoms in total. The van der Waals surface area contributed by atoms with E-state index in [0.717, 1.165) is 6.42 Å². The van der Waals surface area contributed by atoms with Gasteiger partial charge in [-0.25, -0.2) is 0 Å². The fraction of sp³-hybridized carbons (Fsp3) is 0.769. The Morgan fingerprint density at radius 1 is 1.43 bits per heavy atom. The fourth-order valence-electron chi connectivity index (χ4n) is 3.23. The predicted molar refractivity (Wildman–Crippen MR) is 58.0 cm³/mol. The largest absolute Gasteiger partial charge is 0.295 e. The average Bonchev–Trinajstić information content (AvgIpc) is 2.00. The molecule has 0 saturated heterocycles. The lowest BCUT2D eigenvalue weighted by Gasteiger charge is -2.42. The minimum Gasteiger partial charge on any atom is -0.295 e. The molecule has 0 aromatic heterocycles. The molecule has 0 aromatic carbocycles. The highest BCUT2D eigenvalue weighted by Gasteiger charge is 2.38. The Morgan fingerprint density at radius 3 is 2.86 bits per heavy atom. The van der Waals surface area contributed by atoms with Gasteiger partial charge in [-0.3, -0.25) is 4.79 Å². The number of allylic oxidation sites excluding steroid dienone is 2. The lowest BCUT2D eigenvalue weighted by atomic mass is 9.62. The SMILES string of the molecule is CC1=CC(=O)C[C@H]2CC(C)(C)CC[C@H]12. The summed E-state index contributed by atoms with van der Waals surface area (Å²) in [4.78, 5) is 11.5. The maximum Gasteiger partial charge on any atom is 0.155 e. The quantitative estimate of drug-likeness (QED) is 0.575. The van der Waals surface area contributed by atoms with Crippen LogP contribution in [0, 0.1) is 17.3 Å². The molecule has 0 unspecified atom stereocenters. The van der Waals surface area contributed by atoms with Gasteiger partial charge in [0, 0.05) is 6.42 Å². The molecule has 0 aliphatic heterocycles. The Morgan fingerprint density at radius 2 is 2.14 bits per heavy atom. The van der Waals surface area contributed by atoms with Crippen molar-refractivity contribution in [1.82, 2.24) is 0 Å². The summed E-state index contributed by atoms with van der Waals surface area (Å²) in [6.45, 7) is 6.80. The van der Waals surface area contributed by atoms with Crippen LogP contribution in [0.5, 0.6) is 0 Å². The summed E-state index contributed by atoms with van der Waals surface area (Å²) >= 11 is 0. The summed E-state index contributed by atoms with van der Waals surface area (Å²) in [6.07, 6.45) is 6.50. The first-order valence-electron chi connectivity index (χ1n) is 5.69. The van der Waals surface area contributed by atoms with Gasteiger partial charge in [-0.1, -0.05) is 19.4 Å². The summed E-state index contributed by atoms with van der Waals surface area (Å²) < 4.78 is 0. The lowest BCUT2D eigenvalue weighted by molar-refractivity contribution is -0.117. The molecule has 1 saturated carbocycles. The fourth-order valence-corrected chi connectivity index (χ4v) is 3.23. The van der Waals surface area contributed by atoms with Gasteiger partial charge in [0.2, 0.25) is 0 Å². The molecule has 14 heavy (non-hydrogen) atoms. The Balaban J connectivity index is 2.19. The average molecular weight is 192 g/mol. The van der Waals surface area contributed by atoms with Crippen LogP contribution in [0.4, 0.5) is 0 Å². The number of carbonyl (C=O) groups is 1. The smallest absolute Gasteiger partial charge is 0.155 e. The molecule has 0 bridgehead atoms. The number of carbonyl (C=O) groups excluding carboxylic acids is 1. The Kier molecular flexibility index (Phi) is 2.29. The third kappa shape index (κ3) is 1.77. The van der Waals surface area contributed by atoms with E-state index in [2.05, 4.69) is 20.8 Å². The zero-order valence-electron chi connectivity index (χ0n) is 9.47. The molecule has 0 aromatic rings. The van der Waals surface area contributed by atoms with Crippen LogP contribution in [0.25, 0.3) is 0 Å². The Labute approximate surface area is 86.6 Å². The molecule has 0 heterocycles. The van der Waals surface area contributed by atoms with E-state index in [1.54, 1.807) is 0 Å². The van der Waals surface area contributed by atoms with E-state index < -0.39 is 0 Å². The van der Waals surface area contributed by atoms with Crippen molar-refractivity contribution in [2.24, 2.45) is 17.3 Å². The van der Waals surface area contributed by atoms with Crippen LogP contribution in [0.1, 0.15) is 46.5 Å². The third-order valence-corrected chi connectivity index (χ3v) is 3.95. The van der Waals surface area contributed by atoms with E-state index in [0.29, 0.717) is 23.0 Å². The normalized spacial score (nSPS) is 36.2. The minimum atomic E-state index is 0.349. The summed E-state index contributed by atoms with van der Waals surface area (Å²) in [5.74, 6) is 1.69. The number of ketones is 1. The maximum absolute atomic E-state index is 11.5. The van der Waals surface area contributed by atoms with E-state index in [4.69, 9.17) is 0 Å². The van der Waals surface area contributed by atoms with Gasteiger partial charge in [0.05, 0.1) is 0 Å². The highest BCUT2D eigenvalue weighted by atomic mass is 16.1. The van der Waals surface area contributed by atoms with E-state index in [-0.39, 0.29) is 0 Å². The molecule has 2 rings (SSSR count). The van der Waals surface area contributed by atoms with Crippen molar-refractivity contribution in [3.8, 4) is 0 Å². The second-order valence-corrected chi connectivity index (χ2v) is 5.83. The molecule has 2 aliphatic rings. The summed E-state index contributed by atoms with van der Waals surface area (Å²) in [7, 11) is 0. The predicted octanol–water partition coefficient (Wildman–Crippen LogP) is 3.35. The summed E-state index contributed by atoms with van der Waals surface area (Å²) in [5.41, 5.74) is 1.79. The van der Waals surface area contributed by atoms with Crippen molar-refractivity contribution in [3.05, 3.63) is 11.6 Å². The van der Waals surface area contributed by atoms with Gasteiger partial charge in [0.1, 0.15) is 0 Å². The van der Waals surface area contributed by atoms with E-state index >= 15 is 0 Å². The van der Waals surface area contributed by atoms with Gasteiger partial charge in [0.25, 0.3) is 0 Å². The topological polar surface area (TPSA) is 17.1 Å². The van der Waals surface area contributed by atoms with Crippen molar-refractivity contribution in [2.45, 2.75) is 46.5 Å². The van der Waals surface area contributed by atoms with Crippen molar-refractivity contribution in [1.29, 1.82) is 0 Å². The van der Waals surface area contributed by atoms with Gasteiger partial charge in [-0.15, -0.1) is 0 Å². The minimum absolute atomic E-state index is 0.349. The van der Waals surface area contributed by atoms with Crippen LogP contribution in [0.15, 0.2) is 11.6 Å². The van der Waals surface area contributed by atoms with Crippen LogP contribution in [-0.4, -0.2) is 5.78 Å². The zero-order valence-corrected chi connectivity index (χ0v) is 9.47. The highest BCUT2D eigenvalue weighted by Crippen LogP contribution is 2.47. The van der Waals surface area contributed by atoms with E-state index in [9.17, 15) is 4.79 Å². The van der Waals surface area contributed by atoms with Crippen LogP contribution >= 0.6 is 0 Å². The second kappa shape index (κ2) is 3.22. The molecule has 1 fully saturated rings. The lowest BCUT2D eigenvalue weighted by Crippen LogP contribution is -2.34. The van der Waals surface area contributed by atoms with Crippen molar-refractivity contribution < 1.29 is 4.79 Å². The summed E-state index contributed by atoms with van der Waals surface area (Å²) in [6, 6.07) is 0. The summed E-state index contributed by atoms with van der Waals surface area (Å²) in [5, 5.41) is 0. The van der Waals surface area contributed by atoms with Crippen LogP contribution < -0.4 is 0 Å². The van der Waals surface area contributed by atoms with Gasteiger partial charge in [0.15, 0.2) is 5.78 Å². The number of hydrogen-bond acceptors (Lipinski definition) is 1. The number of hydrogen-bond donors (Lipinski definition) is 0. The first-order valence-corrected chi connectivity index (χ1v) is 5.69. The van der Waals surface area contributed by atoms with Gasteiger partial charge < -0.3 is 0 Å². The molecule has 2 atom stereocenters. The first kappa shape index (κ1) is 9.95. The monoisotopic (exact) mass is 192 g/mol. The molecule has 0 N–H and O–H groups in total. The number of rotatable bonds is 0. The standard InChI is InChI=1S/C13H20O/c1-9-6-11(14)7-10-8-13(2,3)5-4-12(9)10/h6,10,12H,4-5,7-8H2,1-3H3/t10-,12+/m0/s1. The highest BCUT2D eigenvalue weighted by molar-refractivity contribution is 5.91. The third-order valence-electron chi connectivity index (χ3n) is 3.95. The Bertz CT molecular complexity index is 286. The maximum atomic E-state index is 11.5. The molecule has 0 spiro atoms. The van der Waals surface area contributed by atoms with E-state index in [1.807, 2.05) is 6.08 Å². The van der Waals surface area contributed by atoms with E-state index in [1.165, 1.54) is 24.8 Å². The molecule has 78 valence electrons. The molecule has 1 heteroatoms. The number of fused-ring (bicyclic) bond motifs is 1. The van der Waals surface area contributed by atoms with Gasteiger partial charge in [-0.05, 0) is 49.5 Å². The van der Waals surface area contributed by atoms with Gasteiger partial charge >= 0.3 is 0 Å². The van der Waals surface area contributed by atoms with Crippen LogP contribution in [-0.2, 0) is 4.79 Å². The molecule has 2 aliphatic carbocycles. The van der Waals surface area contributed by atoms with Crippen molar-refractivity contribution in [2.75, 3.05) is 0 Å². The van der Waals surface area contributed by atoms with Crippen LogP contribution in [0.2, 0.25) is 0 Å². The van der Waals surface area contributed by atoms with Gasteiger partial charge in [-0.2, -0.15) is 0 Å². The molecular formula is C13H20O. The second-order valence-electron chi connectivity index (χ2n) is 5.83. The molecule has 0 amide bonds. The van der Waals surface area contributed by atoms with Crippen molar-refractivity contribution >= 4 is 5.78 Å². The molecule has 0 radical (unpaired) electrons. The first-order chi connectivity index (χ1) is 6.48. The molecular weight excluding hydrogens is 172 g/mol. The Hall–Kier alpha value is -0.590. The van der Waals surface area contributed by atoms with Crippen LogP contribution in [0.3, 0.4) is 0 Å². The van der Waals surface area contributed by atoms with Crippen molar-refractivity contribution in [3.63, 3.8) is 0 Å².